The average molecular weight is 537 g/mol. The van der Waals surface area contributed by atoms with Crippen molar-refractivity contribution in [2.45, 2.75) is 44.9 Å². The maximum atomic E-state index is 10.1. The molecule has 0 aliphatic rings. The molecule has 0 heterocycles. The molecule has 0 rings (SSSR count). The van der Waals surface area contributed by atoms with Gasteiger partial charge in [0.1, 0.15) is 0 Å². The van der Waals surface area contributed by atoms with Gasteiger partial charge in [-0.05, 0) is 63.2 Å². The van der Waals surface area contributed by atoms with Crippen molar-refractivity contribution in [3.05, 3.63) is 4.85 Å². The third kappa shape index (κ3) is 31.9. The number of thioether (sulfide) groups is 1. The molecule has 161 valence electrons. The van der Waals surface area contributed by atoms with Crippen molar-refractivity contribution in [2.24, 2.45) is 0 Å². The topological polar surface area (TPSA) is 47.7 Å². The Morgan fingerprint density at radius 3 is 1.81 bits per heavy atom. The second-order valence-electron chi connectivity index (χ2n) is 5.72. The van der Waals surface area contributed by atoms with Crippen molar-refractivity contribution >= 4 is 55.6 Å². The van der Waals surface area contributed by atoms with Crippen LogP contribution in [-0.2, 0) is 62.8 Å². The molecule has 0 saturated carbocycles. The summed E-state index contributed by atoms with van der Waals surface area (Å²) in [5.41, 5.74) is 0. The van der Waals surface area contributed by atoms with Crippen LogP contribution in [0.25, 0.3) is 4.85 Å². The number of carboxylic acids is 1. The van der Waals surface area contributed by atoms with E-state index in [9.17, 15) is 9.90 Å². The van der Waals surface area contributed by atoms with E-state index in [1.807, 2.05) is 11.8 Å². The van der Waals surface area contributed by atoms with Gasteiger partial charge < -0.3 is 52.7 Å². The predicted octanol–water partition coefficient (Wildman–Crippen LogP) is 2.09. The largest absolute Gasteiger partial charge is 0.791 e. The molecule has 0 amide bonds. The Morgan fingerprint density at radius 1 is 0.889 bits per heavy atom. The van der Waals surface area contributed by atoms with E-state index < -0.39 is 5.97 Å². The van der Waals surface area contributed by atoms with Gasteiger partial charge in [0.25, 0.3) is 13.1 Å². The average Bonchev–Trinajstić information content (AvgIpc) is 2.61. The number of carbonyl (C=O) groups is 1. The molecular weight excluding hydrogens is 503 g/mol. The van der Waals surface area contributed by atoms with Crippen LogP contribution in [0.3, 0.4) is 0 Å². The normalized spacial score (nSPS) is 9.89. The second-order valence-corrected chi connectivity index (χ2v) is 8.17. The van der Waals surface area contributed by atoms with Crippen LogP contribution in [0.2, 0.25) is 0 Å². The summed E-state index contributed by atoms with van der Waals surface area (Å²) in [7, 11) is 0. The molecule has 0 aliphatic carbocycles. The number of nitrogens with zero attached hydrogens (tertiary/aromatic N) is 2. The van der Waals surface area contributed by atoms with Crippen LogP contribution in [0.4, 0.5) is 0 Å². The Balaban J connectivity index is -0.000000454. The fourth-order valence-corrected chi connectivity index (χ4v) is 3.85. The molecular formula is C18H33N2O2S4Tc-3. The summed E-state index contributed by atoms with van der Waals surface area (Å²) in [6, 6.07) is 0. The Labute approximate surface area is 200 Å². The third-order valence-electron chi connectivity index (χ3n) is 3.47. The summed E-state index contributed by atoms with van der Waals surface area (Å²) in [4.78, 5) is 15.9. The van der Waals surface area contributed by atoms with Gasteiger partial charge in [-0.1, -0.05) is 11.3 Å². The fraction of sp³-hybridized carbons (Fsp3) is 0.889. The molecule has 9 heteroatoms. The van der Waals surface area contributed by atoms with Gasteiger partial charge in [-0.15, -0.1) is 0 Å². The first-order chi connectivity index (χ1) is 12.6. The zero-order valence-corrected chi connectivity index (χ0v) is 21.2. The van der Waals surface area contributed by atoms with E-state index in [1.54, 1.807) is 0 Å². The number of hydrogen-bond donors (Lipinski definition) is 0. The van der Waals surface area contributed by atoms with E-state index in [2.05, 4.69) is 9.74 Å². The summed E-state index contributed by atoms with van der Waals surface area (Å²) in [5, 5.41) is 10.1. The molecule has 0 spiro atoms. The summed E-state index contributed by atoms with van der Waals surface area (Å²) in [5.74, 6) is 3.64. The van der Waals surface area contributed by atoms with Crippen LogP contribution in [0.5, 0.6) is 0 Å². The first kappa shape index (κ1) is 32.6. The van der Waals surface area contributed by atoms with Gasteiger partial charge in [0.05, 0.1) is 0 Å². The van der Waals surface area contributed by atoms with Gasteiger partial charge in [0.15, 0.2) is 0 Å². The van der Waals surface area contributed by atoms with Crippen LogP contribution < -0.4 is 5.11 Å². The van der Waals surface area contributed by atoms with Crippen molar-refractivity contribution in [3.63, 3.8) is 0 Å². The van der Waals surface area contributed by atoms with Gasteiger partial charge >= 0.3 is 0 Å². The number of aliphatic carboxylic acids is 1. The van der Waals surface area contributed by atoms with Crippen molar-refractivity contribution in [1.29, 1.82) is 0 Å². The molecule has 0 atom stereocenters. The van der Waals surface area contributed by atoms with E-state index in [0.29, 0.717) is 0 Å². The van der Waals surface area contributed by atoms with Gasteiger partial charge in [0, 0.05) is 32.5 Å². The Morgan fingerprint density at radius 2 is 1.37 bits per heavy atom. The molecule has 0 fully saturated rings. The number of unbranched alkanes of at least 4 members (excludes halogenated alkanes) is 4. The van der Waals surface area contributed by atoms with Crippen molar-refractivity contribution in [3.8, 4) is 6.57 Å². The molecule has 0 aromatic carbocycles. The second kappa shape index (κ2) is 29.2. The van der Waals surface area contributed by atoms with E-state index in [1.165, 1.54) is 25.0 Å². The minimum Gasteiger partial charge on any atom is -0.791 e. The fourth-order valence-electron chi connectivity index (χ4n) is 2.06. The Hall–Kier alpha value is 0.969. The monoisotopic (exact) mass is 536 g/mol. The Bertz CT molecular complexity index is 334. The van der Waals surface area contributed by atoms with Crippen LogP contribution in [0, 0.1) is 6.57 Å². The number of rotatable bonds is 17. The van der Waals surface area contributed by atoms with Crippen LogP contribution in [0.15, 0.2) is 0 Å². The smallest absolute Gasteiger partial charge is 0.263 e. The molecule has 0 N–H and O–H groups in total. The summed E-state index contributed by atoms with van der Waals surface area (Å²) in [6.45, 7) is 8.69. The first-order valence-corrected chi connectivity index (χ1v) is 12.1. The van der Waals surface area contributed by atoms with Gasteiger partial charge in [0.2, 0.25) is 0 Å². The van der Waals surface area contributed by atoms with Crippen LogP contribution in [-0.4, -0.2) is 65.8 Å². The van der Waals surface area contributed by atoms with Crippen molar-refractivity contribution in [1.82, 2.24) is 4.90 Å². The third-order valence-corrected chi connectivity index (χ3v) is 5.17. The molecule has 0 bridgehead atoms. The molecule has 4 nitrogen and oxygen atoms in total. The molecule has 0 saturated heterocycles. The SMILES string of the molecule is C#[N+]CCCCCCSCCCCC(=O)[O-].[99Tc].[S-]CCN(CC[S-])CC[S-]. The zero-order chi connectivity index (χ0) is 19.9. The minimum absolute atomic E-state index is 0. The van der Waals surface area contributed by atoms with Crippen LogP contribution >= 0.6 is 11.8 Å². The summed E-state index contributed by atoms with van der Waals surface area (Å²) < 4.78 is 0. The van der Waals surface area contributed by atoms with Gasteiger partial charge in [-0.2, -0.15) is 29.0 Å². The van der Waals surface area contributed by atoms with Crippen molar-refractivity contribution < 1.29 is 30.0 Å². The number of carbonyl (C=O) groups excluding carboxylic acids is 1. The number of hydrogen-bond acceptors (Lipinski definition) is 7. The minimum atomic E-state index is -0.935. The van der Waals surface area contributed by atoms with Crippen molar-refractivity contribution in [2.75, 3.05) is 54.9 Å². The van der Waals surface area contributed by atoms with E-state index in [0.717, 1.165) is 68.5 Å². The zero-order valence-electron chi connectivity index (χ0n) is 16.1. The molecule has 0 aromatic heterocycles. The molecule has 0 unspecified atom stereocenters. The maximum Gasteiger partial charge on any atom is 0.263 e. The van der Waals surface area contributed by atoms with E-state index in [4.69, 9.17) is 44.5 Å². The van der Waals surface area contributed by atoms with E-state index >= 15 is 0 Å². The predicted molar refractivity (Wildman–Crippen MR) is 121 cm³/mol. The van der Waals surface area contributed by atoms with Crippen LogP contribution in [0.1, 0.15) is 44.9 Å². The maximum absolute atomic E-state index is 10.1. The summed E-state index contributed by atoms with van der Waals surface area (Å²) in [6.07, 6.45) is 6.68. The number of carboxylic acid groups (broad SMARTS) is 1. The van der Waals surface area contributed by atoms with Gasteiger partial charge in [-0.25, -0.2) is 0 Å². The standard InChI is InChI=1S/C12H21NO2S.C6H15NS3.Tc/c1-13-9-5-2-3-6-10-16-11-7-4-8-12(14)15;8-4-1-7(2-5-9)3-6-10;/h1H,2-11H2;8-10H,1-6H2;/p-3/i;;1+1. The first-order valence-electron chi connectivity index (χ1n) is 9.23. The van der Waals surface area contributed by atoms with Gasteiger partial charge in [-0.3, -0.25) is 0 Å². The molecule has 27 heavy (non-hydrogen) atoms. The summed E-state index contributed by atoms with van der Waals surface area (Å²) >= 11 is 16.4. The quantitative estimate of drug-likeness (QED) is 0.209. The molecule has 1 radical (unpaired) electrons. The van der Waals surface area contributed by atoms with E-state index in [-0.39, 0.29) is 26.5 Å². The molecule has 0 aromatic rings. The Kier molecular flexibility index (Phi) is 35.3. The molecule has 0 aliphatic heterocycles.